The predicted octanol–water partition coefficient (Wildman–Crippen LogP) is 3.11. The van der Waals surface area contributed by atoms with Gasteiger partial charge in [-0.25, -0.2) is 4.98 Å². The first-order valence-corrected chi connectivity index (χ1v) is 7.11. The second-order valence-corrected chi connectivity index (χ2v) is 5.46. The summed E-state index contributed by atoms with van der Waals surface area (Å²) in [5.74, 6) is 0. The zero-order valence-electron chi connectivity index (χ0n) is 10.4. The highest BCUT2D eigenvalue weighted by atomic mass is 35.5. The van der Waals surface area contributed by atoms with Crippen molar-refractivity contribution in [3.63, 3.8) is 0 Å². The van der Waals surface area contributed by atoms with Gasteiger partial charge < -0.3 is 10.7 Å². The SMILES string of the molecule is CCCc1cc(=O)[nH]c(Sc2c(N)cccc2Cl)n1. The van der Waals surface area contributed by atoms with E-state index in [2.05, 4.69) is 9.97 Å². The van der Waals surface area contributed by atoms with Gasteiger partial charge in [0.15, 0.2) is 5.16 Å². The van der Waals surface area contributed by atoms with E-state index in [0.29, 0.717) is 20.8 Å². The van der Waals surface area contributed by atoms with Gasteiger partial charge in [-0.1, -0.05) is 31.0 Å². The van der Waals surface area contributed by atoms with Gasteiger partial charge in [0.2, 0.25) is 0 Å². The first kappa shape index (κ1) is 14.0. The van der Waals surface area contributed by atoms with Crippen LogP contribution < -0.4 is 11.3 Å². The average molecular weight is 296 g/mol. The fraction of sp³-hybridized carbons (Fsp3) is 0.231. The van der Waals surface area contributed by atoms with Crippen molar-refractivity contribution in [1.29, 1.82) is 0 Å². The zero-order valence-corrected chi connectivity index (χ0v) is 12.0. The Kier molecular flexibility index (Phi) is 4.50. The van der Waals surface area contributed by atoms with Crippen molar-refractivity contribution < 1.29 is 0 Å². The fourth-order valence-corrected chi connectivity index (χ4v) is 2.80. The molecule has 0 amide bonds. The van der Waals surface area contributed by atoms with E-state index in [0.717, 1.165) is 18.5 Å². The van der Waals surface area contributed by atoms with E-state index in [9.17, 15) is 4.79 Å². The van der Waals surface area contributed by atoms with Crippen LogP contribution in [0.2, 0.25) is 5.02 Å². The number of benzene rings is 1. The molecule has 100 valence electrons. The Bertz CT molecular complexity index is 622. The molecular formula is C13H14ClN3OS. The number of nitrogens with zero attached hydrogens (tertiary/aromatic N) is 1. The molecule has 0 aliphatic heterocycles. The van der Waals surface area contributed by atoms with Crippen LogP contribution >= 0.6 is 23.4 Å². The van der Waals surface area contributed by atoms with Gasteiger partial charge in [0.1, 0.15) is 0 Å². The Morgan fingerprint density at radius 3 is 2.95 bits per heavy atom. The predicted molar refractivity (Wildman–Crippen MR) is 78.8 cm³/mol. The summed E-state index contributed by atoms with van der Waals surface area (Å²) in [5.41, 5.74) is 7.07. The molecule has 19 heavy (non-hydrogen) atoms. The van der Waals surface area contributed by atoms with E-state index in [1.54, 1.807) is 18.2 Å². The number of halogens is 1. The lowest BCUT2D eigenvalue weighted by Gasteiger charge is -2.07. The molecule has 0 saturated carbocycles. The minimum absolute atomic E-state index is 0.161. The van der Waals surface area contributed by atoms with Gasteiger partial charge >= 0.3 is 0 Å². The topological polar surface area (TPSA) is 71.8 Å². The molecule has 0 radical (unpaired) electrons. The van der Waals surface area contributed by atoms with Crippen molar-refractivity contribution in [3.8, 4) is 0 Å². The number of nitrogen functional groups attached to an aromatic ring is 1. The summed E-state index contributed by atoms with van der Waals surface area (Å²) in [5, 5.41) is 1.06. The van der Waals surface area contributed by atoms with Crippen molar-refractivity contribution in [3.05, 3.63) is 45.3 Å². The van der Waals surface area contributed by atoms with E-state index in [-0.39, 0.29) is 5.56 Å². The third-order valence-electron chi connectivity index (χ3n) is 2.48. The van der Waals surface area contributed by atoms with Gasteiger partial charge in [-0.3, -0.25) is 4.79 Å². The van der Waals surface area contributed by atoms with E-state index in [4.69, 9.17) is 17.3 Å². The van der Waals surface area contributed by atoms with Gasteiger partial charge in [-0.05, 0) is 30.3 Å². The molecule has 1 aromatic carbocycles. The minimum atomic E-state index is -0.161. The van der Waals surface area contributed by atoms with Crippen LogP contribution in [-0.4, -0.2) is 9.97 Å². The second kappa shape index (κ2) is 6.12. The van der Waals surface area contributed by atoms with Crippen LogP contribution in [-0.2, 0) is 6.42 Å². The molecule has 0 fully saturated rings. The zero-order chi connectivity index (χ0) is 13.8. The third-order valence-corrected chi connectivity index (χ3v) is 3.95. The maximum Gasteiger partial charge on any atom is 0.251 e. The maximum atomic E-state index is 11.6. The first-order chi connectivity index (χ1) is 9.10. The van der Waals surface area contributed by atoms with Gasteiger partial charge in [0.05, 0.1) is 9.92 Å². The van der Waals surface area contributed by atoms with Crippen LogP contribution in [0.4, 0.5) is 5.69 Å². The second-order valence-electron chi connectivity index (χ2n) is 4.05. The van der Waals surface area contributed by atoms with Gasteiger partial charge in [-0.15, -0.1) is 0 Å². The maximum absolute atomic E-state index is 11.6. The van der Waals surface area contributed by atoms with Crippen molar-refractivity contribution in [1.82, 2.24) is 9.97 Å². The monoisotopic (exact) mass is 295 g/mol. The Morgan fingerprint density at radius 2 is 2.26 bits per heavy atom. The van der Waals surface area contributed by atoms with E-state index in [1.165, 1.54) is 17.8 Å². The Labute approximate surface area is 120 Å². The van der Waals surface area contributed by atoms with Crippen LogP contribution in [0.25, 0.3) is 0 Å². The molecule has 1 aromatic heterocycles. The Hall–Kier alpha value is -1.46. The Balaban J connectivity index is 2.35. The summed E-state index contributed by atoms with van der Waals surface area (Å²) in [7, 11) is 0. The number of aromatic nitrogens is 2. The van der Waals surface area contributed by atoms with Gasteiger partial charge in [-0.2, -0.15) is 0 Å². The lowest BCUT2D eigenvalue weighted by Crippen LogP contribution is -2.10. The number of nitrogens with one attached hydrogen (secondary N) is 1. The van der Waals surface area contributed by atoms with Crippen LogP contribution in [0.3, 0.4) is 0 Å². The van der Waals surface area contributed by atoms with Crippen molar-refractivity contribution in [2.75, 3.05) is 5.73 Å². The number of rotatable bonds is 4. The highest BCUT2D eigenvalue weighted by Gasteiger charge is 2.09. The first-order valence-electron chi connectivity index (χ1n) is 5.92. The van der Waals surface area contributed by atoms with E-state index < -0.39 is 0 Å². The highest BCUT2D eigenvalue weighted by molar-refractivity contribution is 7.99. The molecule has 0 bridgehead atoms. The van der Waals surface area contributed by atoms with Crippen molar-refractivity contribution in [2.45, 2.75) is 29.8 Å². The van der Waals surface area contributed by atoms with Gasteiger partial charge in [0.25, 0.3) is 5.56 Å². The lowest BCUT2D eigenvalue weighted by atomic mass is 10.2. The normalized spacial score (nSPS) is 10.6. The fourth-order valence-electron chi connectivity index (χ4n) is 1.65. The third kappa shape index (κ3) is 3.52. The highest BCUT2D eigenvalue weighted by Crippen LogP contribution is 2.35. The molecule has 2 aromatic rings. The molecule has 6 heteroatoms. The van der Waals surface area contributed by atoms with Crippen molar-refractivity contribution >= 4 is 29.1 Å². The summed E-state index contributed by atoms with van der Waals surface area (Å²) in [4.78, 5) is 19.4. The molecule has 0 aliphatic rings. The molecule has 0 saturated heterocycles. The molecule has 3 N–H and O–H groups in total. The average Bonchev–Trinajstić information content (AvgIpc) is 2.34. The number of aryl methyl sites for hydroxylation is 1. The molecule has 0 aliphatic carbocycles. The Morgan fingerprint density at radius 1 is 1.47 bits per heavy atom. The summed E-state index contributed by atoms with van der Waals surface area (Å²) in [6, 6.07) is 6.82. The number of hydrogen-bond acceptors (Lipinski definition) is 4. The van der Waals surface area contributed by atoms with E-state index in [1.807, 2.05) is 6.92 Å². The smallest absolute Gasteiger partial charge is 0.251 e. The molecule has 0 unspecified atom stereocenters. The summed E-state index contributed by atoms with van der Waals surface area (Å²) in [6.07, 6.45) is 1.71. The van der Waals surface area contributed by atoms with Crippen LogP contribution in [0, 0.1) is 0 Å². The van der Waals surface area contributed by atoms with Crippen molar-refractivity contribution in [2.24, 2.45) is 0 Å². The number of aromatic amines is 1. The van der Waals surface area contributed by atoms with E-state index >= 15 is 0 Å². The quantitative estimate of drug-likeness (QED) is 0.671. The molecule has 2 rings (SSSR count). The lowest BCUT2D eigenvalue weighted by molar-refractivity contribution is 0.816. The standard InChI is InChI=1S/C13H14ClN3OS/c1-2-4-8-7-11(18)17-13(16-8)19-12-9(14)5-3-6-10(12)15/h3,5-7H,2,4,15H2,1H3,(H,16,17,18). The molecule has 1 heterocycles. The number of nitrogens with two attached hydrogens (primary N) is 1. The minimum Gasteiger partial charge on any atom is -0.398 e. The summed E-state index contributed by atoms with van der Waals surface area (Å²) < 4.78 is 0. The largest absolute Gasteiger partial charge is 0.398 e. The summed E-state index contributed by atoms with van der Waals surface area (Å²) in [6.45, 7) is 2.04. The van der Waals surface area contributed by atoms with Crippen LogP contribution in [0.5, 0.6) is 0 Å². The van der Waals surface area contributed by atoms with Gasteiger partial charge in [0, 0.05) is 17.4 Å². The molecule has 0 spiro atoms. The van der Waals surface area contributed by atoms with Crippen LogP contribution in [0.15, 0.2) is 39.1 Å². The number of hydrogen-bond donors (Lipinski definition) is 2. The number of anilines is 1. The summed E-state index contributed by atoms with van der Waals surface area (Å²) >= 11 is 7.37. The van der Waals surface area contributed by atoms with Crippen LogP contribution in [0.1, 0.15) is 19.0 Å². The molecule has 4 nitrogen and oxygen atoms in total. The molecule has 0 atom stereocenters. The molecular weight excluding hydrogens is 282 g/mol. The number of H-pyrrole nitrogens is 1.